The van der Waals surface area contributed by atoms with Crippen molar-refractivity contribution in [3.63, 3.8) is 0 Å². The average Bonchev–Trinajstić information content (AvgIpc) is 1.61. The molecule has 17 nitrogen and oxygen atoms in total. The molecule has 0 unspecified atom stereocenters. The molecule has 6 heterocycles. The summed E-state index contributed by atoms with van der Waals surface area (Å²) < 4.78 is 108. The summed E-state index contributed by atoms with van der Waals surface area (Å²) >= 11 is 6.21. The quantitative estimate of drug-likeness (QED) is 0.0465. The highest BCUT2D eigenvalue weighted by Gasteiger charge is 2.37. The van der Waals surface area contributed by atoms with E-state index in [0.717, 1.165) is 46.0 Å². The van der Waals surface area contributed by atoms with Gasteiger partial charge < -0.3 is 39.8 Å². The molecule has 6 aliphatic rings. The van der Waals surface area contributed by atoms with E-state index in [1.165, 1.54) is 167 Å². The highest BCUT2D eigenvalue weighted by Crippen LogP contribution is 2.40. The maximum absolute atomic E-state index is 14.8. The van der Waals surface area contributed by atoms with Crippen LogP contribution in [-0.4, -0.2) is 85.9 Å². The van der Waals surface area contributed by atoms with Crippen molar-refractivity contribution in [3.05, 3.63) is 288 Å². The number of nitrogens with zero attached hydrogens (tertiary/aromatic N) is 8. The fourth-order valence-corrected chi connectivity index (χ4v) is 16.7. The molecule has 24 heteroatoms. The number of carbonyl (C=O) groups is 3. The maximum Gasteiger partial charge on any atom is 0.259 e. The van der Waals surface area contributed by atoms with Crippen molar-refractivity contribution in [2.75, 3.05) is 34.2 Å². The van der Waals surface area contributed by atoms with Gasteiger partial charge in [0.1, 0.15) is 68.6 Å². The Balaban J connectivity index is 0.000000152. The summed E-state index contributed by atoms with van der Waals surface area (Å²) in [4.78, 5) is 68.3. The lowest BCUT2D eigenvalue weighted by molar-refractivity contribution is 0.0757. The van der Waals surface area contributed by atoms with E-state index < -0.39 is 34.9 Å². The van der Waals surface area contributed by atoms with Gasteiger partial charge in [0.25, 0.3) is 17.7 Å². The predicted molar refractivity (Wildman–Crippen MR) is 445 cm³/mol. The number of nitrogen functional groups attached to an aromatic ring is 1. The van der Waals surface area contributed by atoms with E-state index in [9.17, 15) is 40.7 Å². The van der Waals surface area contributed by atoms with E-state index in [1.54, 1.807) is 50.5 Å². The Labute approximate surface area is 689 Å². The van der Waals surface area contributed by atoms with Gasteiger partial charge in [-0.1, -0.05) is 163 Å². The molecule has 0 bridgehead atoms. The molecule has 0 atom stereocenters. The van der Waals surface area contributed by atoms with Crippen molar-refractivity contribution in [2.24, 2.45) is 0 Å². The van der Waals surface area contributed by atoms with Crippen LogP contribution < -0.4 is 30.0 Å². The highest BCUT2D eigenvalue weighted by molar-refractivity contribution is 6.33. The number of nitrogens with one attached hydrogen (secondary N) is 1. The van der Waals surface area contributed by atoms with Crippen molar-refractivity contribution in [1.82, 2.24) is 45.0 Å². The minimum Gasteiger partial charge on any atom is -0.497 e. The minimum atomic E-state index is -0.810. The van der Waals surface area contributed by atoms with Crippen molar-refractivity contribution in [1.29, 1.82) is 0 Å². The molecule has 17 rings (SSSR count). The predicted octanol–water partition coefficient (Wildman–Crippen LogP) is 21.4. The number of hydrogen-bond acceptors (Lipinski definition) is 14. The summed E-state index contributed by atoms with van der Waals surface area (Å²) in [6.45, 7) is 1.02. The summed E-state index contributed by atoms with van der Waals surface area (Å²) in [7, 11) is 6.22. The molecule has 118 heavy (non-hydrogen) atoms. The van der Waals surface area contributed by atoms with Gasteiger partial charge in [0.15, 0.2) is 17.5 Å². The SMILES string of the molecule is C.C.COc1ccc(CN2Cc3nc(-c4c(F)cccc4F)nc(Cc4ccc(C5CCCCC5)cc4)c3C2=O)c(OC)c1.COc1ccc(CN2Cc3nc(-c4c(F)cccc4F)nc(Cl)c3C2=O)c(OC)c1.Nc1ccc(C2CCCCC2)cc1.O=C1NCc2nc(-c3c(F)cccc3F)nc(Cc3ccc(C4CCCCC4)cc3)c21. The van der Waals surface area contributed by atoms with Crippen LogP contribution in [0.2, 0.25) is 5.15 Å². The van der Waals surface area contributed by atoms with E-state index in [-0.39, 0.29) is 110 Å². The first-order valence-corrected chi connectivity index (χ1v) is 39.7. The van der Waals surface area contributed by atoms with Gasteiger partial charge in [-0.2, -0.15) is 0 Å². The van der Waals surface area contributed by atoms with E-state index in [4.69, 9.17) is 36.3 Å². The maximum atomic E-state index is 14.8. The van der Waals surface area contributed by atoms with Crippen LogP contribution in [0.4, 0.5) is 32.0 Å². The zero-order valence-corrected chi connectivity index (χ0v) is 65.8. The van der Waals surface area contributed by atoms with E-state index in [0.29, 0.717) is 87.3 Å². The largest absolute Gasteiger partial charge is 0.497 e. The van der Waals surface area contributed by atoms with Crippen LogP contribution in [0.15, 0.2) is 164 Å². The summed E-state index contributed by atoms with van der Waals surface area (Å²) in [6.07, 6.45) is 20.3. The topological polar surface area (TPSA) is 210 Å². The third-order valence-electron chi connectivity index (χ3n) is 22.5. The lowest BCUT2D eigenvalue weighted by Crippen LogP contribution is -2.24. The molecular weight excluding hydrogens is 1530 g/mol. The number of fused-ring (bicyclic) bond motifs is 3. The lowest BCUT2D eigenvalue weighted by Gasteiger charge is -2.22. The Morgan fingerprint density at radius 3 is 1.14 bits per heavy atom. The Hall–Kier alpha value is -11.7. The molecule has 3 aliphatic heterocycles. The molecule has 3 saturated carbocycles. The summed E-state index contributed by atoms with van der Waals surface area (Å²) in [5.41, 5.74) is 16.4. The Kier molecular flexibility index (Phi) is 28.3. The van der Waals surface area contributed by atoms with Crippen LogP contribution in [0, 0.1) is 34.9 Å². The third-order valence-corrected chi connectivity index (χ3v) is 22.8. The molecule has 3 aliphatic carbocycles. The zero-order valence-electron chi connectivity index (χ0n) is 65.0. The molecule has 8 aromatic carbocycles. The van der Waals surface area contributed by atoms with Crippen LogP contribution in [0.1, 0.15) is 227 Å². The number of ether oxygens (including phenoxy) is 4. The fraction of sp³-hybridized carbons (Fsp3) is 0.330. The van der Waals surface area contributed by atoms with Gasteiger partial charge in [0.2, 0.25) is 0 Å². The monoisotopic (exact) mass is 1630 g/mol. The van der Waals surface area contributed by atoms with Crippen LogP contribution in [0.3, 0.4) is 0 Å². The van der Waals surface area contributed by atoms with Crippen molar-refractivity contribution in [2.45, 2.75) is 174 Å². The first-order chi connectivity index (χ1) is 56.3. The Bertz CT molecular complexity index is 5350. The molecular formula is C94H97ClF6N10O7. The number of methoxy groups -OCH3 is 4. The summed E-state index contributed by atoms with van der Waals surface area (Å²) in [6, 6.07) is 46.8. The van der Waals surface area contributed by atoms with Crippen molar-refractivity contribution in [3.8, 4) is 57.2 Å². The second kappa shape index (κ2) is 39.0. The number of carbonyl (C=O) groups excluding carboxylic acids is 3. The van der Waals surface area contributed by atoms with Crippen LogP contribution >= 0.6 is 11.6 Å². The number of halogens is 7. The number of hydrogen-bond donors (Lipinski definition) is 2. The van der Waals surface area contributed by atoms with E-state index in [2.05, 4.69) is 95.9 Å². The first kappa shape index (κ1) is 85.6. The molecule has 0 radical (unpaired) electrons. The van der Waals surface area contributed by atoms with Crippen LogP contribution in [-0.2, 0) is 45.6 Å². The molecule has 11 aromatic rings. The van der Waals surface area contributed by atoms with Gasteiger partial charge in [-0.05, 0) is 157 Å². The van der Waals surface area contributed by atoms with Crippen molar-refractivity contribution < 1.29 is 59.7 Å². The molecule has 3 fully saturated rings. The van der Waals surface area contributed by atoms with Crippen LogP contribution in [0.5, 0.6) is 23.0 Å². The Morgan fingerprint density at radius 1 is 0.407 bits per heavy atom. The van der Waals surface area contributed by atoms with Crippen LogP contribution in [0.25, 0.3) is 34.2 Å². The number of aromatic nitrogens is 6. The average molecular weight is 1630 g/mol. The second-order valence-corrected chi connectivity index (χ2v) is 30.3. The second-order valence-electron chi connectivity index (χ2n) is 29.9. The third kappa shape index (κ3) is 19.4. The summed E-state index contributed by atoms with van der Waals surface area (Å²) in [5.74, 6) is -1.27. The molecule has 3 N–H and O–H groups in total. The highest BCUT2D eigenvalue weighted by atomic mass is 35.5. The number of rotatable bonds is 18. The zero-order chi connectivity index (χ0) is 81.1. The fourth-order valence-electron chi connectivity index (χ4n) is 16.4. The number of anilines is 1. The number of amides is 3. The van der Waals surface area contributed by atoms with Gasteiger partial charge in [-0.15, -0.1) is 0 Å². The lowest BCUT2D eigenvalue weighted by atomic mass is 9.84. The number of benzene rings is 8. The van der Waals surface area contributed by atoms with Gasteiger partial charge >= 0.3 is 0 Å². The smallest absolute Gasteiger partial charge is 0.259 e. The van der Waals surface area contributed by atoms with Gasteiger partial charge in [0.05, 0.1) is 117 Å². The molecule has 614 valence electrons. The van der Waals surface area contributed by atoms with Gasteiger partial charge in [-0.3, -0.25) is 14.4 Å². The first-order valence-electron chi connectivity index (χ1n) is 39.3. The van der Waals surface area contributed by atoms with Gasteiger partial charge in [0, 0.05) is 41.8 Å². The normalized spacial score (nSPS) is 15.0. The van der Waals surface area contributed by atoms with Crippen molar-refractivity contribution >= 4 is 35.0 Å². The van der Waals surface area contributed by atoms with E-state index >= 15 is 0 Å². The molecule has 0 saturated heterocycles. The van der Waals surface area contributed by atoms with E-state index in [1.807, 2.05) is 24.3 Å². The minimum absolute atomic E-state index is 0. The van der Waals surface area contributed by atoms with Gasteiger partial charge in [-0.25, -0.2) is 56.2 Å². The number of nitrogens with two attached hydrogens (primary N) is 1. The standard InChI is InChI=1S/C34H33F2N3O3.C25H23F2N3O.C21H16ClF2N3O3.C12H17N.2CH4/c1-41-25-16-15-24(30(18-25)42-2)19-39-20-29-32(34(39)40)28(37-33(38-29)31-26(35)9-6-10-27(31)36)17-21-11-13-23(14-12-21)22-7-4-3-5-8-22;26-18-7-4-8-19(27)22(18)24-29-20(23-21(30-24)14-28-25(23)31)13-15-9-11-17(12-10-15)16-5-2-1-3-6-16;1-29-12-7-6-11(16(8-12)30-2)9-27-10-15-18(21(27)28)19(22)26-20(25-15)17-13(23)4-3-5-14(17)24;13-12-8-6-11(7-9-12)10-4-2-1-3-5-10;;/h6,9-16,18,22H,3-5,7-8,17,19-20H2,1-2H3;4,7-12,16H,1-3,5-6,13-14H2,(H,28,31);3-8H,9-10H2,1-2H3;6-10H,1-5,13H2;2*1H4. The molecule has 3 amide bonds. The summed E-state index contributed by atoms with van der Waals surface area (Å²) in [5, 5.41) is 2.60. The molecule has 3 aromatic heterocycles. The Morgan fingerprint density at radius 2 is 0.754 bits per heavy atom. The molecule has 0 spiro atoms.